The highest BCUT2D eigenvalue weighted by Gasteiger charge is 2.22. The van der Waals surface area contributed by atoms with E-state index in [4.69, 9.17) is 9.72 Å². The molecule has 2 aromatic heterocycles. The average Bonchev–Trinajstić information content (AvgIpc) is 3.56. The molecule has 0 radical (unpaired) electrons. The molecule has 0 N–H and O–H groups in total. The van der Waals surface area contributed by atoms with Crippen LogP contribution in [-0.4, -0.2) is 33.8 Å². The number of hydrogen-bond acceptors (Lipinski definition) is 5. The van der Waals surface area contributed by atoms with Crippen LogP contribution in [0.5, 0.6) is 5.75 Å². The molecule has 3 aromatic carbocycles. The third kappa shape index (κ3) is 4.56. The van der Waals surface area contributed by atoms with Crippen LogP contribution in [-0.2, 0) is 6.54 Å². The Morgan fingerprint density at radius 2 is 1.76 bits per heavy atom. The molecule has 0 fully saturated rings. The van der Waals surface area contributed by atoms with E-state index in [2.05, 4.69) is 17.2 Å². The highest BCUT2D eigenvalue weighted by Crippen LogP contribution is 2.35. The first-order valence-corrected chi connectivity index (χ1v) is 12.0. The highest BCUT2D eigenvalue weighted by atomic mass is 32.1. The Morgan fingerprint density at radius 3 is 2.50 bits per heavy atom. The van der Waals surface area contributed by atoms with Crippen molar-refractivity contribution in [3.8, 4) is 16.9 Å². The molecule has 0 unspecified atom stereocenters. The molecular formula is C27H24N4O2S. The molecule has 0 aliphatic carbocycles. The Kier molecular flexibility index (Phi) is 6.35. The van der Waals surface area contributed by atoms with Crippen LogP contribution in [0.15, 0.2) is 91.3 Å². The maximum absolute atomic E-state index is 13.7. The molecular weight excluding hydrogens is 444 g/mol. The Bertz CT molecular complexity index is 1380. The molecule has 34 heavy (non-hydrogen) atoms. The number of para-hydroxylation sites is 1. The fourth-order valence-electron chi connectivity index (χ4n) is 3.81. The Hall–Kier alpha value is -3.97. The van der Waals surface area contributed by atoms with Crippen molar-refractivity contribution in [3.63, 3.8) is 0 Å². The summed E-state index contributed by atoms with van der Waals surface area (Å²) < 4.78 is 8.56. The van der Waals surface area contributed by atoms with Crippen molar-refractivity contribution in [2.75, 3.05) is 18.1 Å². The Morgan fingerprint density at radius 1 is 0.971 bits per heavy atom. The number of thiazole rings is 1. The van der Waals surface area contributed by atoms with Gasteiger partial charge in [0.25, 0.3) is 5.91 Å². The van der Waals surface area contributed by atoms with E-state index in [1.807, 2.05) is 84.5 Å². The normalized spacial score (nSPS) is 11.0. The lowest BCUT2D eigenvalue weighted by atomic mass is 10.0. The van der Waals surface area contributed by atoms with E-state index in [-0.39, 0.29) is 5.91 Å². The molecule has 0 saturated carbocycles. The number of hydrogen-bond donors (Lipinski definition) is 0. The van der Waals surface area contributed by atoms with Gasteiger partial charge in [0.1, 0.15) is 11.3 Å². The second-order valence-electron chi connectivity index (χ2n) is 7.70. The molecule has 0 bridgehead atoms. The van der Waals surface area contributed by atoms with Crippen molar-refractivity contribution in [2.24, 2.45) is 0 Å². The number of nitrogens with zero attached hydrogens (tertiary/aromatic N) is 4. The number of anilines is 1. The summed E-state index contributed by atoms with van der Waals surface area (Å²) in [4.78, 5) is 20.2. The number of fused-ring (bicyclic) bond motifs is 1. The molecule has 2 heterocycles. The Balaban J connectivity index is 1.47. The predicted molar refractivity (Wildman–Crippen MR) is 137 cm³/mol. The molecule has 0 aliphatic heterocycles. The van der Waals surface area contributed by atoms with E-state index in [9.17, 15) is 4.79 Å². The van der Waals surface area contributed by atoms with Gasteiger partial charge in [-0.1, -0.05) is 59.9 Å². The van der Waals surface area contributed by atoms with Crippen LogP contribution in [0.2, 0.25) is 0 Å². The number of benzene rings is 3. The summed E-state index contributed by atoms with van der Waals surface area (Å²) >= 11 is 1.49. The van der Waals surface area contributed by atoms with Crippen LogP contribution in [0, 0.1) is 0 Å². The summed E-state index contributed by atoms with van der Waals surface area (Å²) in [6, 6.07) is 25.6. The van der Waals surface area contributed by atoms with Crippen LogP contribution in [0.4, 0.5) is 5.13 Å². The van der Waals surface area contributed by atoms with Crippen LogP contribution in [0.1, 0.15) is 17.3 Å². The van der Waals surface area contributed by atoms with E-state index in [1.54, 1.807) is 11.1 Å². The number of carbonyl (C=O) groups is 1. The van der Waals surface area contributed by atoms with Gasteiger partial charge in [0.15, 0.2) is 5.13 Å². The maximum Gasteiger partial charge on any atom is 0.260 e. The smallest absolute Gasteiger partial charge is 0.260 e. The zero-order chi connectivity index (χ0) is 23.3. The van der Waals surface area contributed by atoms with E-state index < -0.39 is 0 Å². The van der Waals surface area contributed by atoms with Crippen molar-refractivity contribution < 1.29 is 9.53 Å². The first-order chi connectivity index (χ1) is 16.7. The first-order valence-electron chi connectivity index (χ1n) is 11.2. The third-order valence-corrected chi connectivity index (χ3v) is 6.54. The number of ether oxygens (including phenoxy) is 1. The minimum absolute atomic E-state index is 0.0937. The monoisotopic (exact) mass is 468 g/mol. The molecule has 6 nitrogen and oxygen atoms in total. The number of amides is 1. The summed E-state index contributed by atoms with van der Waals surface area (Å²) in [5.41, 5.74) is 3.58. The predicted octanol–water partition coefficient (Wildman–Crippen LogP) is 5.91. The van der Waals surface area contributed by atoms with Crippen molar-refractivity contribution in [3.05, 3.63) is 96.8 Å². The summed E-state index contributed by atoms with van der Waals surface area (Å²) in [7, 11) is 0. The Labute approximate surface area is 202 Å². The second kappa shape index (κ2) is 9.89. The van der Waals surface area contributed by atoms with Crippen LogP contribution < -0.4 is 9.64 Å². The van der Waals surface area contributed by atoms with Gasteiger partial charge in [0.05, 0.1) is 17.9 Å². The SMILES string of the molecule is CCOc1cccc2sc(N(CCn3cccn3)C(=O)c3ccc(-c4ccccc4)cc3)nc12. The minimum Gasteiger partial charge on any atom is -0.492 e. The third-order valence-electron chi connectivity index (χ3n) is 5.50. The molecule has 5 rings (SSSR count). The lowest BCUT2D eigenvalue weighted by molar-refractivity contribution is 0.0986. The fourth-order valence-corrected chi connectivity index (χ4v) is 4.82. The van der Waals surface area contributed by atoms with Gasteiger partial charge in [0, 0.05) is 24.5 Å². The largest absolute Gasteiger partial charge is 0.492 e. The number of rotatable bonds is 8. The zero-order valence-corrected chi connectivity index (χ0v) is 19.6. The standard InChI is InChI=1S/C27H24N4O2S/c1-2-33-23-10-6-11-24-25(23)29-27(34-24)31(19-18-30-17-7-16-28-30)26(32)22-14-12-21(13-15-22)20-8-4-3-5-9-20/h3-17H,2,18-19H2,1H3. The van der Waals surface area contributed by atoms with Crippen molar-refractivity contribution in [2.45, 2.75) is 13.5 Å². The molecule has 0 saturated heterocycles. The van der Waals surface area contributed by atoms with Crippen LogP contribution >= 0.6 is 11.3 Å². The van der Waals surface area contributed by atoms with E-state index in [1.165, 1.54) is 11.3 Å². The summed E-state index contributed by atoms with van der Waals surface area (Å²) in [5.74, 6) is 0.637. The van der Waals surface area contributed by atoms with Gasteiger partial charge in [0.2, 0.25) is 0 Å². The molecule has 0 atom stereocenters. The van der Waals surface area contributed by atoms with Crippen LogP contribution in [0.25, 0.3) is 21.3 Å². The average molecular weight is 469 g/mol. The molecule has 7 heteroatoms. The molecule has 0 spiro atoms. The minimum atomic E-state index is -0.0937. The van der Waals surface area contributed by atoms with E-state index in [0.717, 1.165) is 27.1 Å². The van der Waals surface area contributed by atoms with E-state index in [0.29, 0.717) is 30.4 Å². The summed E-state index contributed by atoms with van der Waals surface area (Å²) in [6.07, 6.45) is 3.63. The number of carbonyl (C=O) groups excluding carboxylic acids is 1. The zero-order valence-electron chi connectivity index (χ0n) is 18.8. The van der Waals surface area contributed by atoms with Crippen molar-refractivity contribution in [1.29, 1.82) is 0 Å². The van der Waals surface area contributed by atoms with Gasteiger partial charge in [-0.05, 0) is 48.4 Å². The van der Waals surface area contributed by atoms with Gasteiger partial charge in [-0.15, -0.1) is 0 Å². The van der Waals surface area contributed by atoms with Gasteiger partial charge in [-0.2, -0.15) is 5.10 Å². The second-order valence-corrected chi connectivity index (χ2v) is 8.71. The van der Waals surface area contributed by atoms with Gasteiger partial charge >= 0.3 is 0 Å². The van der Waals surface area contributed by atoms with E-state index >= 15 is 0 Å². The summed E-state index contributed by atoms with van der Waals surface area (Å²) in [6.45, 7) is 3.52. The maximum atomic E-state index is 13.7. The van der Waals surface area contributed by atoms with Crippen molar-refractivity contribution >= 4 is 32.6 Å². The van der Waals surface area contributed by atoms with Crippen LogP contribution in [0.3, 0.4) is 0 Å². The van der Waals surface area contributed by atoms with Gasteiger partial charge in [-0.25, -0.2) is 4.98 Å². The van der Waals surface area contributed by atoms with Gasteiger partial charge in [-0.3, -0.25) is 14.4 Å². The highest BCUT2D eigenvalue weighted by molar-refractivity contribution is 7.22. The molecule has 0 aliphatic rings. The molecule has 5 aromatic rings. The van der Waals surface area contributed by atoms with Gasteiger partial charge < -0.3 is 4.74 Å². The quantitative estimate of drug-likeness (QED) is 0.284. The first kappa shape index (κ1) is 21.9. The topological polar surface area (TPSA) is 60.2 Å². The molecule has 170 valence electrons. The fraction of sp³-hybridized carbons (Fsp3) is 0.148. The lowest BCUT2D eigenvalue weighted by Gasteiger charge is -2.20. The lowest BCUT2D eigenvalue weighted by Crippen LogP contribution is -2.34. The molecule has 1 amide bonds. The number of aromatic nitrogens is 3. The summed E-state index contributed by atoms with van der Waals surface area (Å²) in [5, 5.41) is 4.93. The van der Waals surface area contributed by atoms with Crippen molar-refractivity contribution in [1.82, 2.24) is 14.8 Å².